The van der Waals surface area contributed by atoms with Gasteiger partial charge in [-0.05, 0) is 43.1 Å². The Hall–Kier alpha value is -2.26. The minimum absolute atomic E-state index is 0.0536. The molecule has 1 unspecified atom stereocenters. The Labute approximate surface area is 163 Å². The Kier molecular flexibility index (Phi) is 5.20. The Morgan fingerprint density at radius 2 is 2.00 bits per heavy atom. The molecule has 2 fully saturated rings. The Morgan fingerprint density at radius 1 is 1.29 bits per heavy atom. The first-order valence-electron chi connectivity index (χ1n) is 9.89. The third-order valence-electron chi connectivity index (χ3n) is 5.98. The second-order valence-corrected chi connectivity index (χ2v) is 7.90. The number of hydrogen-bond acceptors (Lipinski definition) is 6. The van der Waals surface area contributed by atoms with Gasteiger partial charge in [-0.2, -0.15) is 0 Å². The second-order valence-electron chi connectivity index (χ2n) is 7.90. The van der Waals surface area contributed by atoms with Crippen LogP contribution >= 0.6 is 0 Å². The molecule has 0 radical (unpaired) electrons. The summed E-state index contributed by atoms with van der Waals surface area (Å²) in [6, 6.07) is 2.93. The fourth-order valence-corrected chi connectivity index (χ4v) is 4.32. The molecule has 2 aliphatic heterocycles. The number of amides is 1. The molecular formula is C19H25BN2O6. The number of fused-ring (bicyclic) bond motifs is 1. The maximum absolute atomic E-state index is 12.5. The molecule has 9 heteroatoms. The van der Waals surface area contributed by atoms with Crippen molar-refractivity contribution in [3.8, 4) is 11.5 Å². The van der Waals surface area contributed by atoms with Gasteiger partial charge in [-0.25, -0.2) is 4.79 Å². The van der Waals surface area contributed by atoms with E-state index in [0.717, 1.165) is 31.2 Å². The summed E-state index contributed by atoms with van der Waals surface area (Å²) >= 11 is 0. The average Bonchev–Trinajstić information content (AvgIpc) is 3.17. The van der Waals surface area contributed by atoms with E-state index in [0.29, 0.717) is 25.8 Å². The molecule has 4 rings (SSSR count). The van der Waals surface area contributed by atoms with E-state index in [1.807, 2.05) is 0 Å². The molecule has 1 atom stereocenters. The van der Waals surface area contributed by atoms with Gasteiger partial charge in [0.25, 0.3) is 0 Å². The average molecular weight is 388 g/mol. The summed E-state index contributed by atoms with van der Waals surface area (Å²) in [4.78, 5) is 26.0. The summed E-state index contributed by atoms with van der Waals surface area (Å²) in [5.74, 6) is -0.606. The van der Waals surface area contributed by atoms with Crippen LogP contribution in [0.15, 0.2) is 12.1 Å². The van der Waals surface area contributed by atoms with Crippen LogP contribution in [0.3, 0.4) is 0 Å². The van der Waals surface area contributed by atoms with Gasteiger partial charge in [0.1, 0.15) is 23.2 Å². The first-order valence-corrected chi connectivity index (χ1v) is 9.89. The molecule has 2 heterocycles. The molecule has 1 amide bonds. The number of carbonyl (C=O) groups is 2. The van der Waals surface area contributed by atoms with Gasteiger partial charge in [0.05, 0.1) is 19.1 Å². The monoisotopic (exact) mass is 388 g/mol. The smallest absolute Gasteiger partial charge is 0.522 e. The molecule has 1 aliphatic carbocycles. The fraction of sp³-hybridized carbons (Fsp3) is 0.579. The number of carboxylic acid groups (broad SMARTS) is 1. The summed E-state index contributed by atoms with van der Waals surface area (Å²) in [5.41, 5.74) is 6.79. The van der Waals surface area contributed by atoms with E-state index < -0.39 is 19.1 Å². The van der Waals surface area contributed by atoms with Crippen molar-refractivity contribution in [1.29, 1.82) is 0 Å². The standard InChI is InChI=1S/C19H25BN2O6/c21-16(11-3-1-2-4-11)18(23)22-9-13(10-22)27-14-6-5-12-7-8-20(26)28-17(12)15(14)19(24)25/h5-6,11,13,16,26H,1-4,7-10,21H2,(H,24,25). The molecule has 0 aromatic heterocycles. The number of nitrogens with zero attached hydrogens (tertiary/aromatic N) is 1. The van der Waals surface area contributed by atoms with Gasteiger partial charge in [-0.1, -0.05) is 18.9 Å². The minimum atomic E-state index is -1.17. The molecule has 1 saturated heterocycles. The number of benzene rings is 1. The number of nitrogens with two attached hydrogens (primary N) is 1. The van der Waals surface area contributed by atoms with Gasteiger partial charge in [0, 0.05) is 0 Å². The van der Waals surface area contributed by atoms with Crippen LogP contribution in [0.25, 0.3) is 0 Å². The van der Waals surface area contributed by atoms with Crippen LogP contribution in [0.2, 0.25) is 6.32 Å². The van der Waals surface area contributed by atoms with Crippen molar-refractivity contribution in [3.63, 3.8) is 0 Å². The lowest BCUT2D eigenvalue weighted by atomic mass is 9.78. The van der Waals surface area contributed by atoms with Gasteiger partial charge in [0.15, 0.2) is 0 Å². The van der Waals surface area contributed by atoms with E-state index in [-0.39, 0.29) is 35.0 Å². The molecule has 4 N–H and O–H groups in total. The number of ether oxygens (including phenoxy) is 1. The molecule has 3 aliphatic rings. The lowest BCUT2D eigenvalue weighted by molar-refractivity contribution is -0.142. The number of hydrogen-bond donors (Lipinski definition) is 3. The SMILES string of the molecule is NC(C(=O)N1CC(Oc2ccc3c(c2C(=O)O)OB(O)CC3)C1)C1CCCC1. The zero-order valence-corrected chi connectivity index (χ0v) is 15.7. The molecular weight excluding hydrogens is 363 g/mol. The van der Waals surface area contributed by atoms with Gasteiger partial charge in [-0.15, -0.1) is 0 Å². The number of carboxylic acids is 1. The molecule has 150 valence electrons. The molecule has 1 aromatic carbocycles. The van der Waals surface area contributed by atoms with Crippen LogP contribution in [0, 0.1) is 5.92 Å². The highest BCUT2D eigenvalue weighted by molar-refractivity contribution is 6.44. The Balaban J connectivity index is 1.41. The summed E-state index contributed by atoms with van der Waals surface area (Å²) in [5, 5.41) is 19.3. The van der Waals surface area contributed by atoms with E-state index in [1.54, 1.807) is 17.0 Å². The van der Waals surface area contributed by atoms with Crippen LogP contribution in [0.4, 0.5) is 0 Å². The summed E-state index contributed by atoms with van der Waals surface area (Å²) in [7, 11) is -1.02. The minimum Gasteiger partial charge on any atom is -0.535 e. The summed E-state index contributed by atoms with van der Waals surface area (Å²) in [6.07, 6.45) is 4.95. The topological polar surface area (TPSA) is 122 Å². The summed E-state index contributed by atoms with van der Waals surface area (Å²) in [6.45, 7) is 0.776. The van der Waals surface area contributed by atoms with Crippen molar-refractivity contribution in [1.82, 2.24) is 4.90 Å². The Morgan fingerprint density at radius 3 is 2.68 bits per heavy atom. The van der Waals surface area contributed by atoms with Crippen molar-refractivity contribution >= 4 is 19.0 Å². The van der Waals surface area contributed by atoms with Crippen molar-refractivity contribution in [2.45, 2.75) is 50.6 Å². The number of aromatic carboxylic acids is 1. The second kappa shape index (κ2) is 7.64. The van der Waals surface area contributed by atoms with Gasteiger partial charge >= 0.3 is 13.1 Å². The van der Waals surface area contributed by atoms with Crippen LogP contribution in [0.5, 0.6) is 11.5 Å². The van der Waals surface area contributed by atoms with Crippen LogP contribution in [0.1, 0.15) is 41.6 Å². The normalized spacial score (nSPS) is 20.9. The zero-order chi connectivity index (χ0) is 19.8. The van der Waals surface area contributed by atoms with Crippen molar-refractivity contribution in [2.24, 2.45) is 11.7 Å². The van der Waals surface area contributed by atoms with E-state index in [4.69, 9.17) is 15.1 Å². The molecule has 0 spiro atoms. The number of rotatable bonds is 5. The molecule has 8 nitrogen and oxygen atoms in total. The third kappa shape index (κ3) is 3.56. The third-order valence-corrected chi connectivity index (χ3v) is 5.98. The largest absolute Gasteiger partial charge is 0.535 e. The van der Waals surface area contributed by atoms with E-state index >= 15 is 0 Å². The van der Waals surface area contributed by atoms with Gasteiger partial charge in [-0.3, -0.25) is 4.79 Å². The van der Waals surface area contributed by atoms with Crippen LogP contribution in [-0.2, 0) is 11.2 Å². The van der Waals surface area contributed by atoms with E-state index in [2.05, 4.69) is 0 Å². The fourth-order valence-electron chi connectivity index (χ4n) is 4.32. The highest BCUT2D eigenvalue weighted by Gasteiger charge is 2.39. The van der Waals surface area contributed by atoms with Gasteiger partial charge in [0.2, 0.25) is 5.91 Å². The highest BCUT2D eigenvalue weighted by Crippen LogP contribution is 2.37. The predicted molar refractivity (Wildman–Crippen MR) is 101 cm³/mol. The number of carbonyl (C=O) groups excluding carboxylic acids is 1. The molecule has 0 bridgehead atoms. The number of aryl methyl sites for hydroxylation is 1. The van der Waals surface area contributed by atoms with Crippen molar-refractivity contribution < 1.29 is 29.1 Å². The van der Waals surface area contributed by atoms with E-state index in [1.165, 1.54) is 0 Å². The lowest BCUT2D eigenvalue weighted by Gasteiger charge is -2.41. The Bertz CT molecular complexity index is 776. The first kappa shape index (κ1) is 19.1. The van der Waals surface area contributed by atoms with Crippen LogP contribution in [-0.4, -0.2) is 59.3 Å². The van der Waals surface area contributed by atoms with Crippen LogP contribution < -0.4 is 15.1 Å². The molecule has 28 heavy (non-hydrogen) atoms. The lowest BCUT2D eigenvalue weighted by Crippen LogP contribution is -2.60. The quantitative estimate of drug-likeness (QED) is 0.641. The maximum atomic E-state index is 12.5. The molecule has 1 saturated carbocycles. The zero-order valence-electron chi connectivity index (χ0n) is 15.7. The predicted octanol–water partition coefficient (Wildman–Crippen LogP) is 0.907. The van der Waals surface area contributed by atoms with Gasteiger partial charge < -0.3 is 30.2 Å². The molecule has 1 aromatic rings. The van der Waals surface area contributed by atoms with Crippen molar-refractivity contribution in [2.75, 3.05) is 13.1 Å². The summed E-state index contributed by atoms with van der Waals surface area (Å²) < 4.78 is 11.2. The number of likely N-dealkylation sites (tertiary alicyclic amines) is 1. The van der Waals surface area contributed by atoms with E-state index in [9.17, 15) is 19.7 Å². The highest BCUT2D eigenvalue weighted by atomic mass is 16.5. The van der Waals surface area contributed by atoms with Crippen molar-refractivity contribution in [3.05, 3.63) is 23.3 Å². The first-order chi connectivity index (χ1) is 13.4. The maximum Gasteiger partial charge on any atom is 0.522 e.